The Hall–Kier alpha value is -2.07. The third kappa shape index (κ3) is 5.54. The molecule has 0 spiro atoms. The molecule has 1 unspecified atom stereocenters. The lowest BCUT2D eigenvalue weighted by atomic mass is 9.72. The average molecular weight is 452 g/mol. The lowest BCUT2D eigenvalue weighted by Gasteiger charge is -2.37. The molecule has 2 aromatic rings. The Bertz CT molecular complexity index is 947. The molecule has 1 heterocycles. The molecule has 4 rings (SSSR count). The summed E-state index contributed by atoms with van der Waals surface area (Å²) in [6.45, 7) is 11.0. The molecule has 1 saturated carbocycles. The first kappa shape index (κ1) is 24.1. The fourth-order valence-electron chi connectivity index (χ4n) is 6.02. The van der Waals surface area contributed by atoms with Crippen molar-refractivity contribution in [2.45, 2.75) is 84.8 Å². The SMILES string of the molecule is CCC(c1cccc2cc(OC3CCC(C(C)(C)C)CC3)ccc12)N1CCC(C(=O)O)CC1. The number of carboxylic acid groups (broad SMARTS) is 1. The van der Waals surface area contributed by atoms with Crippen LogP contribution >= 0.6 is 0 Å². The van der Waals surface area contributed by atoms with Gasteiger partial charge >= 0.3 is 5.97 Å². The minimum Gasteiger partial charge on any atom is -0.490 e. The smallest absolute Gasteiger partial charge is 0.306 e. The number of piperidine rings is 1. The third-order valence-corrected chi connectivity index (χ3v) is 8.15. The molecule has 0 aromatic heterocycles. The van der Waals surface area contributed by atoms with Crippen molar-refractivity contribution in [3.8, 4) is 5.75 Å². The van der Waals surface area contributed by atoms with Crippen molar-refractivity contribution in [3.05, 3.63) is 42.0 Å². The first-order chi connectivity index (χ1) is 15.8. The average Bonchev–Trinajstić information content (AvgIpc) is 2.79. The van der Waals surface area contributed by atoms with Gasteiger partial charge in [-0.15, -0.1) is 0 Å². The number of rotatable bonds is 6. The number of fused-ring (bicyclic) bond motifs is 1. The first-order valence-corrected chi connectivity index (χ1v) is 12.9. The van der Waals surface area contributed by atoms with Crippen molar-refractivity contribution in [2.75, 3.05) is 13.1 Å². The van der Waals surface area contributed by atoms with E-state index in [9.17, 15) is 9.90 Å². The van der Waals surface area contributed by atoms with Crippen molar-refractivity contribution in [1.82, 2.24) is 4.90 Å². The van der Waals surface area contributed by atoms with Crippen LogP contribution in [0.1, 0.15) is 84.2 Å². The van der Waals surface area contributed by atoms with Crippen LogP contribution in [-0.2, 0) is 4.79 Å². The van der Waals surface area contributed by atoms with Crippen molar-refractivity contribution in [2.24, 2.45) is 17.3 Å². The van der Waals surface area contributed by atoms with Gasteiger partial charge in [0.05, 0.1) is 12.0 Å². The van der Waals surface area contributed by atoms with E-state index in [0.717, 1.165) is 56.9 Å². The molecule has 4 heteroatoms. The molecule has 0 amide bonds. The Balaban J connectivity index is 1.46. The minimum absolute atomic E-state index is 0.190. The molecule has 1 saturated heterocycles. The van der Waals surface area contributed by atoms with Gasteiger partial charge in [0.1, 0.15) is 5.75 Å². The highest BCUT2D eigenvalue weighted by molar-refractivity contribution is 5.87. The lowest BCUT2D eigenvalue weighted by Crippen LogP contribution is -2.38. The normalized spacial score (nSPS) is 24.0. The van der Waals surface area contributed by atoms with Crippen molar-refractivity contribution in [3.63, 3.8) is 0 Å². The summed E-state index contributed by atoms with van der Waals surface area (Å²) < 4.78 is 6.44. The van der Waals surface area contributed by atoms with Gasteiger partial charge in [-0.3, -0.25) is 9.69 Å². The highest BCUT2D eigenvalue weighted by Gasteiger charge is 2.31. The maximum absolute atomic E-state index is 11.3. The highest BCUT2D eigenvalue weighted by Crippen LogP contribution is 2.39. The van der Waals surface area contributed by atoms with Crippen LogP contribution in [0.25, 0.3) is 10.8 Å². The Morgan fingerprint density at radius 3 is 2.36 bits per heavy atom. The van der Waals surface area contributed by atoms with Crippen molar-refractivity contribution in [1.29, 1.82) is 0 Å². The second-order valence-electron chi connectivity index (χ2n) is 11.3. The summed E-state index contributed by atoms with van der Waals surface area (Å²) in [5.41, 5.74) is 1.74. The van der Waals surface area contributed by atoms with Crippen molar-refractivity contribution >= 4 is 16.7 Å². The standard InChI is InChI=1S/C29H41NO3/c1-5-27(30-17-15-20(16-18-30)28(31)32)26-8-6-7-21-19-24(13-14-25(21)26)33-23-11-9-22(10-12-23)29(2,3)4/h6-8,13-14,19-20,22-23,27H,5,9-12,15-18H2,1-4H3,(H,31,32). The topological polar surface area (TPSA) is 49.8 Å². The Kier molecular flexibility index (Phi) is 7.33. The fraction of sp³-hybridized carbons (Fsp3) is 0.621. The van der Waals surface area contributed by atoms with Gasteiger partial charge in [-0.2, -0.15) is 0 Å². The summed E-state index contributed by atoms with van der Waals surface area (Å²) >= 11 is 0. The van der Waals surface area contributed by atoms with E-state index in [4.69, 9.17) is 4.74 Å². The Morgan fingerprint density at radius 2 is 1.76 bits per heavy atom. The molecule has 1 N–H and O–H groups in total. The molecule has 33 heavy (non-hydrogen) atoms. The second kappa shape index (κ2) is 10.0. The van der Waals surface area contributed by atoms with Crippen LogP contribution < -0.4 is 4.74 Å². The molecule has 1 aliphatic carbocycles. The summed E-state index contributed by atoms with van der Waals surface area (Å²) in [5, 5.41) is 11.9. The van der Waals surface area contributed by atoms with E-state index < -0.39 is 5.97 Å². The number of likely N-dealkylation sites (tertiary alicyclic amines) is 1. The fourth-order valence-corrected chi connectivity index (χ4v) is 6.02. The monoisotopic (exact) mass is 451 g/mol. The van der Waals surface area contributed by atoms with Crippen molar-refractivity contribution < 1.29 is 14.6 Å². The van der Waals surface area contributed by atoms with Gasteiger partial charge in [0.25, 0.3) is 0 Å². The van der Waals surface area contributed by atoms with E-state index in [1.165, 1.54) is 29.2 Å². The molecule has 0 radical (unpaired) electrons. The van der Waals surface area contributed by atoms with Crippen LogP contribution in [0.5, 0.6) is 5.75 Å². The number of hydrogen-bond donors (Lipinski definition) is 1. The predicted octanol–water partition coefficient (Wildman–Crippen LogP) is 7.07. The van der Waals surface area contributed by atoms with Crippen LogP contribution in [0, 0.1) is 17.3 Å². The van der Waals surface area contributed by atoms with E-state index in [1.54, 1.807) is 0 Å². The van der Waals surface area contributed by atoms with Crippen LogP contribution in [0.4, 0.5) is 0 Å². The van der Waals surface area contributed by atoms with E-state index >= 15 is 0 Å². The van der Waals surface area contributed by atoms with Gasteiger partial charge < -0.3 is 9.84 Å². The molecular weight excluding hydrogens is 410 g/mol. The highest BCUT2D eigenvalue weighted by atomic mass is 16.5. The van der Waals surface area contributed by atoms with Gasteiger partial charge in [0.15, 0.2) is 0 Å². The van der Waals surface area contributed by atoms with Crippen LogP contribution in [0.3, 0.4) is 0 Å². The number of ether oxygens (including phenoxy) is 1. The number of hydrogen-bond acceptors (Lipinski definition) is 3. The zero-order chi connectivity index (χ0) is 23.6. The van der Waals surface area contributed by atoms with Crippen LogP contribution in [0.2, 0.25) is 0 Å². The molecule has 2 aromatic carbocycles. The van der Waals surface area contributed by atoms with Crippen LogP contribution in [0.15, 0.2) is 36.4 Å². The zero-order valence-corrected chi connectivity index (χ0v) is 20.8. The quantitative estimate of drug-likeness (QED) is 0.510. The molecule has 4 nitrogen and oxygen atoms in total. The molecule has 0 bridgehead atoms. The van der Waals surface area contributed by atoms with Crippen LogP contribution in [-0.4, -0.2) is 35.2 Å². The maximum Gasteiger partial charge on any atom is 0.306 e. The number of benzene rings is 2. The zero-order valence-electron chi connectivity index (χ0n) is 20.8. The molecule has 1 aliphatic heterocycles. The molecular formula is C29H41NO3. The summed E-state index contributed by atoms with van der Waals surface area (Å²) in [5.74, 6) is 0.939. The summed E-state index contributed by atoms with van der Waals surface area (Å²) in [4.78, 5) is 13.8. The summed E-state index contributed by atoms with van der Waals surface area (Å²) in [7, 11) is 0. The number of aliphatic carboxylic acids is 1. The van der Waals surface area contributed by atoms with E-state index in [-0.39, 0.29) is 5.92 Å². The number of carboxylic acids is 1. The van der Waals surface area contributed by atoms with E-state index in [1.807, 2.05) is 0 Å². The van der Waals surface area contributed by atoms with Gasteiger partial charge in [0.2, 0.25) is 0 Å². The largest absolute Gasteiger partial charge is 0.490 e. The van der Waals surface area contributed by atoms with E-state index in [2.05, 4.69) is 69.0 Å². The third-order valence-electron chi connectivity index (χ3n) is 8.15. The summed E-state index contributed by atoms with van der Waals surface area (Å²) in [6.07, 6.45) is 7.62. The second-order valence-corrected chi connectivity index (χ2v) is 11.3. The van der Waals surface area contributed by atoms with Gasteiger partial charge in [0, 0.05) is 6.04 Å². The Morgan fingerprint density at radius 1 is 1.06 bits per heavy atom. The molecule has 2 fully saturated rings. The number of carbonyl (C=O) groups is 1. The Labute approximate surface area is 199 Å². The van der Waals surface area contributed by atoms with Gasteiger partial charge in [-0.1, -0.05) is 52.0 Å². The first-order valence-electron chi connectivity index (χ1n) is 12.9. The predicted molar refractivity (Wildman–Crippen MR) is 135 cm³/mol. The molecule has 1 atom stereocenters. The number of nitrogens with zero attached hydrogens (tertiary/aromatic N) is 1. The molecule has 2 aliphatic rings. The minimum atomic E-state index is -0.646. The lowest BCUT2D eigenvalue weighted by molar-refractivity contribution is -0.143. The summed E-state index contributed by atoms with van der Waals surface area (Å²) in [6, 6.07) is 13.5. The molecule has 180 valence electrons. The van der Waals surface area contributed by atoms with Gasteiger partial charge in [-0.25, -0.2) is 0 Å². The van der Waals surface area contributed by atoms with E-state index in [0.29, 0.717) is 17.6 Å². The maximum atomic E-state index is 11.3. The van der Waals surface area contributed by atoms with Gasteiger partial charge in [-0.05, 0) is 97.8 Å².